The Bertz CT molecular complexity index is 628. The number of aromatic amines is 1. The first kappa shape index (κ1) is 8.91. The maximum absolute atomic E-state index is 5.94. The van der Waals surface area contributed by atoms with Crippen molar-refractivity contribution in [3.63, 3.8) is 0 Å². The minimum atomic E-state index is 0.692. The molecule has 0 aliphatic rings. The molecular weight excluding hydrogens is 200 g/mol. The van der Waals surface area contributed by atoms with E-state index in [-0.39, 0.29) is 0 Å². The molecule has 0 saturated heterocycles. The number of fused-ring (bicyclic) bond motifs is 1. The Kier molecular flexibility index (Phi) is 1.86. The predicted molar refractivity (Wildman–Crippen MR) is 63.7 cm³/mol. The molecule has 0 unspecified atom stereocenters. The van der Waals surface area contributed by atoms with Crippen molar-refractivity contribution >= 4 is 16.7 Å². The third-order valence-electron chi connectivity index (χ3n) is 2.52. The minimum absolute atomic E-state index is 0.692. The van der Waals surface area contributed by atoms with Gasteiger partial charge in [0, 0.05) is 11.3 Å². The molecular formula is C12H10N4. The van der Waals surface area contributed by atoms with Crippen LogP contribution in [-0.4, -0.2) is 15.2 Å². The number of benzene rings is 1. The van der Waals surface area contributed by atoms with Crippen molar-refractivity contribution in [1.82, 2.24) is 15.2 Å². The van der Waals surface area contributed by atoms with E-state index in [4.69, 9.17) is 5.73 Å². The van der Waals surface area contributed by atoms with Crippen molar-refractivity contribution in [3.8, 4) is 11.3 Å². The standard InChI is InChI=1S/C12H10N4/c13-10-6-11(8-4-2-1-3-5-8)15-12-9(10)7-14-16-12/h1-7H,(H3,13,14,15,16). The van der Waals surface area contributed by atoms with Gasteiger partial charge in [-0.15, -0.1) is 0 Å². The van der Waals surface area contributed by atoms with Crippen LogP contribution in [0.1, 0.15) is 0 Å². The van der Waals surface area contributed by atoms with Crippen molar-refractivity contribution < 1.29 is 0 Å². The summed E-state index contributed by atoms with van der Waals surface area (Å²) >= 11 is 0. The molecule has 0 saturated carbocycles. The van der Waals surface area contributed by atoms with E-state index in [1.165, 1.54) is 0 Å². The molecule has 78 valence electrons. The molecule has 16 heavy (non-hydrogen) atoms. The summed E-state index contributed by atoms with van der Waals surface area (Å²) in [5, 5.41) is 7.62. The lowest BCUT2D eigenvalue weighted by atomic mass is 10.1. The van der Waals surface area contributed by atoms with E-state index < -0.39 is 0 Å². The molecule has 3 N–H and O–H groups in total. The van der Waals surface area contributed by atoms with Gasteiger partial charge in [-0.1, -0.05) is 30.3 Å². The molecule has 0 amide bonds. The number of nitrogen functional groups attached to an aromatic ring is 1. The Hall–Kier alpha value is -2.36. The fourth-order valence-electron chi connectivity index (χ4n) is 1.71. The van der Waals surface area contributed by atoms with Crippen molar-refractivity contribution in [1.29, 1.82) is 0 Å². The molecule has 0 radical (unpaired) electrons. The molecule has 4 nitrogen and oxygen atoms in total. The number of hydrogen-bond donors (Lipinski definition) is 2. The SMILES string of the molecule is Nc1cc(-c2ccccc2)nc2[nH]ncc12. The van der Waals surface area contributed by atoms with Crippen molar-refractivity contribution in [3.05, 3.63) is 42.6 Å². The summed E-state index contributed by atoms with van der Waals surface area (Å²) < 4.78 is 0. The fourth-order valence-corrected chi connectivity index (χ4v) is 1.71. The van der Waals surface area contributed by atoms with Crippen LogP contribution in [-0.2, 0) is 0 Å². The van der Waals surface area contributed by atoms with E-state index in [1.54, 1.807) is 6.20 Å². The van der Waals surface area contributed by atoms with Gasteiger partial charge in [0.2, 0.25) is 0 Å². The average molecular weight is 210 g/mol. The summed E-state index contributed by atoms with van der Waals surface area (Å²) in [7, 11) is 0. The van der Waals surface area contributed by atoms with E-state index in [9.17, 15) is 0 Å². The zero-order valence-corrected chi connectivity index (χ0v) is 8.51. The fraction of sp³-hybridized carbons (Fsp3) is 0. The van der Waals surface area contributed by atoms with Gasteiger partial charge in [0.05, 0.1) is 17.3 Å². The molecule has 3 aromatic rings. The van der Waals surface area contributed by atoms with Crippen molar-refractivity contribution in [2.45, 2.75) is 0 Å². The molecule has 4 heteroatoms. The van der Waals surface area contributed by atoms with Gasteiger partial charge < -0.3 is 5.73 Å². The molecule has 2 aromatic heterocycles. The second kappa shape index (κ2) is 3.34. The summed E-state index contributed by atoms with van der Waals surface area (Å²) in [5.41, 5.74) is 9.26. The highest BCUT2D eigenvalue weighted by atomic mass is 15.1. The normalized spacial score (nSPS) is 10.8. The monoisotopic (exact) mass is 210 g/mol. The Morgan fingerprint density at radius 3 is 2.75 bits per heavy atom. The van der Waals surface area contributed by atoms with Crippen LogP contribution in [0.25, 0.3) is 22.3 Å². The number of hydrogen-bond acceptors (Lipinski definition) is 3. The molecule has 1 aromatic carbocycles. The molecule has 2 heterocycles. The number of nitrogens with two attached hydrogens (primary N) is 1. The van der Waals surface area contributed by atoms with Crippen LogP contribution >= 0.6 is 0 Å². The smallest absolute Gasteiger partial charge is 0.157 e. The molecule has 0 aliphatic heterocycles. The summed E-state index contributed by atoms with van der Waals surface area (Å²) in [5.74, 6) is 0. The number of aromatic nitrogens is 3. The summed E-state index contributed by atoms with van der Waals surface area (Å²) in [4.78, 5) is 4.47. The Labute approximate surface area is 92.1 Å². The predicted octanol–water partition coefficient (Wildman–Crippen LogP) is 2.21. The van der Waals surface area contributed by atoms with Crippen LogP contribution in [0.2, 0.25) is 0 Å². The highest BCUT2D eigenvalue weighted by molar-refractivity contribution is 5.89. The molecule has 0 spiro atoms. The van der Waals surface area contributed by atoms with Crippen LogP contribution < -0.4 is 5.73 Å². The maximum Gasteiger partial charge on any atom is 0.157 e. The van der Waals surface area contributed by atoms with E-state index in [2.05, 4.69) is 15.2 Å². The largest absolute Gasteiger partial charge is 0.398 e. The van der Waals surface area contributed by atoms with Crippen molar-refractivity contribution in [2.24, 2.45) is 0 Å². The van der Waals surface area contributed by atoms with Gasteiger partial charge in [0.1, 0.15) is 0 Å². The Balaban J connectivity index is 2.25. The first-order valence-corrected chi connectivity index (χ1v) is 4.99. The van der Waals surface area contributed by atoms with E-state index >= 15 is 0 Å². The van der Waals surface area contributed by atoms with E-state index in [1.807, 2.05) is 36.4 Å². The second-order valence-corrected chi connectivity index (χ2v) is 3.60. The highest BCUT2D eigenvalue weighted by Gasteiger charge is 2.06. The Morgan fingerprint density at radius 1 is 1.12 bits per heavy atom. The first-order valence-electron chi connectivity index (χ1n) is 4.99. The molecule has 0 bridgehead atoms. The van der Waals surface area contributed by atoms with Gasteiger partial charge in [-0.05, 0) is 6.07 Å². The van der Waals surface area contributed by atoms with Crippen LogP contribution in [0.15, 0.2) is 42.6 Å². The number of rotatable bonds is 1. The molecule has 0 aliphatic carbocycles. The zero-order valence-electron chi connectivity index (χ0n) is 8.51. The molecule has 3 rings (SSSR count). The maximum atomic E-state index is 5.94. The lowest BCUT2D eigenvalue weighted by Crippen LogP contribution is -1.91. The number of nitrogens with zero attached hydrogens (tertiary/aromatic N) is 2. The number of pyridine rings is 1. The van der Waals surface area contributed by atoms with Gasteiger partial charge >= 0.3 is 0 Å². The quantitative estimate of drug-likeness (QED) is 0.647. The summed E-state index contributed by atoms with van der Waals surface area (Å²) in [6.45, 7) is 0. The number of anilines is 1. The van der Waals surface area contributed by atoms with E-state index in [0.717, 1.165) is 22.3 Å². The lowest BCUT2D eigenvalue weighted by Gasteiger charge is -2.02. The lowest BCUT2D eigenvalue weighted by molar-refractivity contribution is 1.10. The third kappa shape index (κ3) is 1.32. The van der Waals surface area contributed by atoms with Gasteiger partial charge in [-0.25, -0.2) is 4.98 Å². The number of nitrogens with one attached hydrogen (secondary N) is 1. The average Bonchev–Trinajstić information content (AvgIpc) is 2.79. The van der Waals surface area contributed by atoms with Crippen LogP contribution in [0.3, 0.4) is 0 Å². The van der Waals surface area contributed by atoms with Gasteiger partial charge in [0.25, 0.3) is 0 Å². The zero-order chi connectivity index (χ0) is 11.0. The van der Waals surface area contributed by atoms with E-state index in [0.29, 0.717) is 5.69 Å². The second-order valence-electron chi connectivity index (χ2n) is 3.60. The number of H-pyrrole nitrogens is 1. The third-order valence-corrected chi connectivity index (χ3v) is 2.52. The first-order chi connectivity index (χ1) is 7.84. The van der Waals surface area contributed by atoms with Gasteiger partial charge in [-0.2, -0.15) is 5.10 Å². The summed E-state index contributed by atoms with van der Waals surface area (Å²) in [6, 6.07) is 11.8. The molecule has 0 atom stereocenters. The minimum Gasteiger partial charge on any atom is -0.398 e. The van der Waals surface area contributed by atoms with Gasteiger partial charge in [0.15, 0.2) is 5.65 Å². The van der Waals surface area contributed by atoms with Crippen molar-refractivity contribution in [2.75, 3.05) is 5.73 Å². The Morgan fingerprint density at radius 2 is 1.94 bits per heavy atom. The highest BCUT2D eigenvalue weighted by Crippen LogP contribution is 2.24. The van der Waals surface area contributed by atoms with Gasteiger partial charge in [-0.3, -0.25) is 5.10 Å². The topological polar surface area (TPSA) is 67.6 Å². The molecule has 0 fully saturated rings. The van der Waals surface area contributed by atoms with Crippen LogP contribution in [0, 0.1) is 0 Å². The van der Waals surface area contributed by atoms with Crippen LogP contribution in [0.4, 0.5) is 5.69 Å². The summed E-state index contributed by atoms with van der Waals surface area (Å²) in [6.07, 6.45) is 1.69. The van der Waals surface area contributed by atoms with Crippen LogP contribution in [0.5, 0.6) is 0 Å².